The third kappa shape index (κ3) is 3.89. The maximum Gasteiger partial charge on any atom is 0.227 e. The van der Waals surface area contributed by atoms with Gasteiger partial charge in [-0.3, -0.25) is 9.59 Å². The van der Waals surface area contributed by atoms with Gasteiger partial charge >= 0.3 is 0 Å². The standard InChI is InChI=1S/C18H24N2O2S/c1-23-16-9-7-15(8-10-16)20-12-13(11-17(20)21)18(22)19-14-5-3-2-4-6-14/h7-10,13-14H,2-6,11-12H2,1H3,(H,19,22)/t13-/m1/s1. The van der Waals surface area contributed by atoms with Gasteiger partial charge in [0, 0.05) is 29.6 Å². The van der Waals surface area contributed by atoms with Crippen LogP contribution in [-0.4, -0.2) is 30.7 Å². The lowest BCUT2D eigenvalue weighted by Crippen LogP contribution is -2.40. The molecule has 1 atom stereocenters. The average Bonchev–Trinajstić information content (AvgIpc) is 2.98. The van der Waals surface area contributed by atoms with Crippen LogP contribution in [0.3, 0.4) is 0 Å². The Morgan fingerprint density at radius 3 is 2.52 bits per heavy atom. The van der Waals surface area contributed by atoms with Crippen LogP contribution < -0.4 is 10.2 Å². The Kier molecular flexibility index (Phi) is 5.26. The molecule has 1 heterocycles. The van der Waals surface area contributed by atoms with Crippen LogP contribution in [0.5, 0.6) is 0 Å². The molecule has 2 aliphatic rings. The Labute approximate surface area is 142 Å². The summed E-state index contributed by atoms with van der Waals surface area (Å²) in [5, 5.41) is 3.15. The highest BCUT2D eigenvalue weighted by atomic mass is 32.2. The van der Waals surface area contributed by atoms with E-state index in [2.05, 4.69) is 5.32 Å². The lowest BCUT2D eigenvalue weighted by molar-refractivity contribution is -0.127. The van der Waals surface area contributed by atoms with E-state index in [1.165, 1.54) is 24.2 Å². The van der Waals surface area contributed by atoms with Crippen molar-refractivity contribution in [2.24, 2.45) is 5.92 Å². The van der Waals surface area contributed by atoms with E-state index in [-0.39, 0.29) is 17.7 Å². The summed E-state index contributed by atoms with van der Waals surface area (Å²) in [6.07, 6.45) is 8.17. The van der Waals surface area contributed by atoms with Gasteiger partial charge in [0.25, 0.3) is 0 Å². The monoisotopic (exact) mass is 332 g/mol. The van der Waals surface area contributed by atoms with Gasteiger partial charge in [0.1, 0.15) is 0 Å². The molecule has 5 heteroatoms. The van der Waals surface area contributed by atoms with Crippen LogP contribution in [0.2, 0.25) is 0 Å². The van der Waals surface area contributed by atoms with Crippen molar-refractivity contribution in [3.63, 3.8) is 0 Å². The van der Waals surface area contributed by atoms with E-state index in [1.807, 2.05) is 30.5 Å². The molecule has 1 aliphatic carbocycles. The highest BCUT2D eigenvalue weighted by Gasteiger charge is 2.35. The van der Waals surface area contributed by atoms with Crippen molar-refractivity contribution in [2.45, 2.75) is 49.5 Å². The predicted molar refractivity (Wildman–Crippen MR) is 93.7 cm³/mol. The summed E-state index contributed by atoms with van der Waals surface area (Å²) in [7, 11) is 0. The summed E-state index contributed by atoms with van der Waals surface area (Å²) in [6.45, 7) is 0.496. The van der Waals surface area contributed by atoms with Crippen LogP contribution in [0.1, 0.15) is 38.5 Å². The van der Waals surface area contributed by atoms with Gasteiger partial charge in [-0.15, -0.1) is 11.8 Å². The van der Waals surface area contributed by atoms with E-state index in [1.54, 1.807) is 16.7 Å². The molecular formula is C18H24N2O2S. The number of carbonyl (C=O) groups is 2. The quantitative estimate of drug-likeness (QED) is 0.861. The van der Waals surface area contributed by atoms with Crippen LogP contribution in [0.25, 0.3) is 0 Å². The molecule has 2 fully saturated rings. The van der Waals surface area contributed by atoms with Gasteiger partial charge in [-0.2, -0.15) is 0 Å². The Balaban J connectivity index is 1.60. The zero-order chi connectivity index (χ0) is 16.2. The second-order valence-corrected chi connectivity index (χ2v) is 7.33. The topological polar surface area (TPSA) is 49.4 Å². The summed E-state index contributed by atoms with van der Waals surface area (Å²) >= 11 is 1.68. The number of nitrogens with one attached hydrogen (secondary N) is 1. The number of thioether (sulfide) groups is 1. The van der Waals surface area contributed by atoms with E-state index in [4.69, 9.17) is 0 Å². The third-order valence-electron chi connectivity index (χ3n) is 4.83. The number of carbonyl (C=O) groups excluding carboxylic acids is 2. The van der Waals surface area contributed by atoms with Crippen LogP contribution >= 0.6 is 11.8 Å². The van der Waals surface area contributed by atoms with E-state index in [0.717, 1.165) is 18.5 Å². The molecular weight excluding hydrogens is 308 g/mol. The third-order valence-corrected chi connectivity index (χ3v) is 5.58. The van der Waals surface area contributed by atoms with Crippen LogP contribution in [-0.2, 0) is 9.59 Å². The normalized spacial score (nSPS) is 22.4. The zero-order valence-electron chi connectivity index (χ0n) is 13.6. The summed E-state index contributed by atoms with van der Waals surface area (Å²) in [4.78, 5) is 27.6. The summed E-state index contributed by atoms with van der Waals surface area (Å²) < 4.78 is 0. The summed E-state index contributed by atoms with van der Waals surface area (Å²) in [6, 6.07) is 8.27. The van der Waals surface area contributed by atoms with E-state index >= 15 is 0 Å². The minimum Gasteiger partial charge on any atom is -0.353 e. The molecule has 1 aliphatic heterocycles. The first kappa shape index (κ1) is 16.4. The van der Waals surface area contributed by atoms with Crippen LogP contribution in [0.4, 0.5) is 5.69 Å². The second-order valence-electron chi connectivity index (χ2n) is 6.45. The molecule has 2 amide bonds. The smallest absolute Gasteiger partial charge is 0.227 e. The van der Waals surface area contributed by atoms with Crippen molar-refractivity contribution in [3.05, 3.63) is 24.3 Å². The number of nitrogens with zero attached hydrogens (tertiary/aromatic N) is 1. The largest absolute Gasteiger partial charge is 0.353 e. The average molecular weight is 332 g/mol. The van der Waals surface area contributed by atoms with Gasteiger partial charge in [-0.25, -0.2) is 0 Å². The molecule has 23 heavy (non-hydrogen) atoms. The maximum atomic E-state index is 12.4. The lowest BCUT2D eigenvalue weighted by Gasteiger charge is -2.24. The van der Waals surface area contributed by atoms with Crippen molar-refractivity contribution in [2.75, 3.05) is 17.7 Å². The molecule has 0 radical (unpaired) electrons. The predicted octanol–water partition coefficient (Wildman–Crippen LogP) is 3.21. The first-order valence-corrected chi connectivity index (χ1v) is 9.64. The van der Waals surface area contributed by atoms with Crippen molar-refractivity contribution < 1.29 is 9.59 Å². The zero-order valence-corrected chi connectivity index (χ0v) is 14.4. The van der Waals surface area contributed by atoms with E-state index in [0.29, 0.717) is 19.0 Å². The number of rotatable bonds is 4. The highest BCUT2D eigenvalue weighted by molar-refractivity contribution is 7.98. The highest BCUT2D eigenvalue weighted by Crippen LogP contribution is 2.27. The minimum atomic E-state index is -0.218. The SMILES string of the molecule is CSc1ccc(N2C[C@H](C(=O)NC3CCCCC3)CC2=O)cc1. The van der Waals surface area contributed by atoms with Gasteiger partial charge in [-0.1, -0.05) is 19.3 Å². The molecule has 1 saturated heterocycles. The van der Waals surface area contributed by atoms with Crippen LogP contribution in [0, 0.1) is 5.92 Å². The number of hydrogen-bond acceptors (Lipinski definition) is 3. The molecule has 0 bridgehead atoms. The maximum absolute atomic E-state index is 12.4. The Morgan fingerprint density at radius 2 is 1.87 bits per heavy atom. The van der Waals surface area contributed by atoms with Crippen molar-refractivity contribution in [3.8, 4) is 0 Å². The second kappa shape index (κ2) is 7.39. The van der Waals surface area contributed by atoms with Crippen molar-refractivity contribution in [1.82, 2.24) is 5.32 Å². The fourth-order valence-electron chi connectivity index (χ4n) is 3.46. The molecule has 1 saturated carbocycles. The molecule has 4 nitrogen and oxygen atoms in total. The van der Waals surface area contributed by atoms with E-state index < -0.39 is 0 Å². The summed E-state index contributed by atoms with van der Waals surface area (Å²) in [5.74, 6) is -0.121. The Bertz CT molecular complexity index is 567. The molecule has 124 valence electrons. The number of benzene rings is 1. The van der Waals surface area contributed by atoms with E-state index in [9.17, 15) is 9.59 Å². The van der Waals surface area contributed by atoms with Gasteiger partial charge in [0.2, 0.25) is 11.8 Å². The molecule has 1 aromatic rings. The molecule has 0 unspecified atom stereocenters. The number of hydrogen-bond donors (Lipinski definition) is 1. The first-order chi connectivity index (χ1) is 11.2. The number of amides is 2. The first-order valence-electron chi connectivity index (χ1n) is 8.42. The fraction of sp³-hybridized carbons (Fsp3) is 0.556. The fourth-order valence-corrected chi connectivity index (χ4v) is 3.87. The van der Waals surface area contributed by atoms with Gasteiger partial charge in [0.05, 0.1) is 5.92 Å². The Morgan fingerprint density at radius 1 is 1.17 bits per heavy atom. The van der Waals surface area contributed by atoms with Gasteiger partial charge < -0.3 is 10.2 Å². The van der Waals surface area contributed by atoms with Gasteiger partial charge in [-0.05, 0) is 43.4 Å². The lowest BCUT2D eigenvalue weighted by atomic mass is 9.95. The van der Waals surface area contributed by atoms with Crippen molar-refractivity contribution in [1.29, 1.82) is 0 Å². The van der Waals surface area contributed by atoms with Crippen LogP contribution in [0.15, 0.2) is 29.2 Å². The Hall–Kier alpha value is -1.49. The van der Waals surface area contributed by atoms with Gasteiger partial charge in [0.15, 0.2) is 0 Å². The minimum absolute atomic E-state index is 0.0469. The molecule has 0 aromatic heterocycles. The number of anilines is 1. The molecule has 1 aromatic carbocycles. The molecule has 3 rings (SSSR count). The molecule has 0 spiro atoms. The summed E-state index contributed by atoms with van der Waals surface area (Å²) in [5.41, 5.74) is 0.890. The molecule has 1 N–H and O–H groups in total. The van der Waals surface area contributed by atoms with Crippen molar-refractivity contribution >= 4 is 29.3 Å².